The van der Waals surface area contributed by atoms with E-state index in [4.69, 9.17) is 9.72 Å². The monoisotopic (exact) mass is 615 g/mol. The fraction of sp³-hybridized carbons (Fsp3) is 0.276. The van der Waals surface area contributed by atoms with E-state index in [0.29, 0.717) is 17.4 Å². The fourth-order valence-electron chi connectivity index (χ4n) is 4.93. The van der Waals surface area contributed by atoms with Gasteiger partial charge < -0.3 is 20.4 Å². The number of hydrogen-bond acceptors (Lipinski definition) is 8. The van der Waals surface area contributed by atoms with E-state index in [9.17, 15) is 4.79 Å². The molecule has 12 heteroatoms. The Hall–Kier alpha value is -4.29. The summed E-state index contributed by atoms with van der Waals surface area (Å²) >= 11 is 3.69. The first-order valence-corrected chi connectivity index (χ1v) is 14.3. The van der Waals surface area contributed by atoms with Crippen LogP contribution in [0.3, 0.4) is 0 Å². The van der Waals surface area contributed by atoms with Crippen molar-refractivity contribution < 1.29 is 9.53 Å². The molecule has 0 bridgehead atoms. The van der Waals surface area contributed by atoms with Crippen LogP contribution < -0.4 is 15.4 Å². The molecular weight excluding hydrogens is 586 g/mol. The molecule has 6 rings (SSSR count). The number of imidazole rings is 1. The first-order chi connectivity index (χ1) is 20.1. The molecule has 0 aliphatic carbocycles. The minimum absolute atomic E-state index is 0.0234. The Balaban J connectivity index is 1.08. The number of benzene rings is 2. The summed E-state index contributed by atoms with van der Waals surface area (Å²) in [6.07, 6.45) is 7.11. The number of H-pyrrole nitrogens is 1. The topological polar surface area (TPSA) is 126 Å². The van der Waals surface area contributed by atoms with Crippen molar-refractivity contribution in [2.45, 2.75) is 25.4 Å². The smallest absolute Gasteiger partial charge is 0.257 e. The Morgan fingerprint density at radius 2 is 1.90 bits per heavy atom. The van der Waals surface area contributed by atoms with Crippen molar-refractivity contribution in [2.24, 2.45) is 0 Å². The maximum atomic E-state index is 11.4. The molecule has 1 aliphatic heterocycles. The molecule has 1 amide bonds. The van der Waals surface area contributed by atoms with Crippen molar-refractivity contribution in [3.63, 3.8) is 0 Å². The summed E-state index contributed by atoms with van der Waals surface area (Å²) < 4.78 is 8.17. The number of anilines is 1. The summed E-state index contributed by atoms with van der Waals surface area (Å²) in [5.74, 6) is 1.16. The molecule has 0 unspecified atom stereocenters. The summed E-state index contributed by atoms with van der Waals surface area (Å²) in [6.45, 7) is 2.92. The number of rotatable bonds is 9. The highest BCUT2D eigenvalue weighted by molar-refractivity contribution is 9.10. The molecule has 41 heavy (non-hydrogen) atoms. The normalized spacial score (nSPS) is 14.3. The first kappa shape index (κ1) is 26.9. The van der Waals surface area contributed by atoms with Crippen molar-refractivity contribution in [2.75, 3.05) is 32.1 Å². The molecule has 0 spiro atoms. The molecule has 0 atom stereocenters. The third-order valence-corrected chi connectivity index (χ3v) is 7.81. The number of ether oxygens (including phenoxy) is 1. The summed E-state index contributed by atoms with van der Waals surface area (Å²) in [6, 6.07) is 16.3. The number of nitrogens with zero attached hydrogens (tertiary/aromatic N) is 6. The highest BCUT2D eigenvalue weighted by Crippen LogP contribution is 2.33. The first-order valence-electron chi connectivity index (χ1n) is 13.5. The van der Waals surface area contributed by atoms with Crippen LogP contribution in [0.15, 0.2) is 71.9 Å². The average Bonchev–Trinajstić information content (AvgIpc) is 3.70. The molecule has 1 fully saturated rings. The van der Waals surface area contributed by atoms with Crippen LogP contribution in [-0.2, 0) is 11.3 Å². The highest BCUT2D eigenvalue weighted by atomic mass is 79.9. The molecule has 2 aromatic carbocycles. The van der Waals surface area contributed by atoms with Gasteiger partial charge in [-0.3, -0.25) is 9.69 Å². The molecule has 1 saturated heterocycles. The van der Waals surface area contributed by atoms with Gasteiger partial charge in [-0.1, -0.05) is 12.1 Å². The molecule has 11 nitrogen and oxygen atoms in total. The lowest BCUT2D eigenvalue weighted by Crippen LogP contribution is -2.38. The Kier molecular flexibility index (Phi) is 7.92. The largest absolute Gasteiger partial charge is 0.484 e. The Bertz CT molecular complexity index is 1610. The second-order valence-corrected chi connectivity index (χ2v) is 10.8. The number of carbonyl (C=O) groups is 1. The van der Waals surface area contributed by atoms with Crippen molar-refractivity contribution in [3.05, 3.63) is 77.4 Å². The van der Waals surface area contributed by atoms with Crippen LogP contribution in [0.2, 0.25) is 0 Å². The van der Waals surface area contributed by atoms with Crippen LogP contribution in [0.25, 0.3) is 28.2 Å². The van der Waals surface area contributed by atoms with Crippen molar-refractivity contribution in [1.82, 2.24) is 39.9 Å². The van der Waals surface area contributed by atoms with Crippen LogP contribution >= 0.6 is 15.9 Å². The molecular formula is C29H30BrN9O2. The molecule has 3 aromatic heterocycles. The molecule has 5 aromatic rings. The number of hydrogen-bond donors (Lipinski definition) is 3. The van der Waals surface area contributed by atoms with E-state index in [-0.39, 0.29) is 12.5 Å². The number of halogens is 1. The van der Waals surface area contributed by atoms with Gasteiger partial charge in [0.2, 0.25) is 0 Å². The van der Waals surface area contributed by atoms with Gasteiger partial charge >= 0.3 is 0 Å². The Labute approximate surface area is 245 Å². The van der Waals surface area contributed by atoms with Crippen LogP contribution in [-0.4, -0.2) is 73.3 Å². The van der Waals surface area contributed by atoms with Gasteiger partial charge in [0.1, 0.15) is 29.7 Å². The number of piperidine rings is 1. The van der Waals surface area contributed by atoms with Gasteiger partial charge in [-0.2, -0.15) is 5.10 Å². The van der Waals surface area contributed by atoms with Crippen LogP contribution in [0.4, 0.5) is 5.69 Å². The lowest BCUT2D eigenvalue weighted by molar-refractivity contribution is -0.122. The maximum absolute atomic E-state index is 11.4. The number of aromatic nitrogens is 6. The minimum atomic E-state index is -0.177. The van der Waals surface area contributed by atoms with Crippen LogP contribution in [0, 0.1) is 0 Å². The van der Waals surface area contributed by atoms with E-state index in [1.54, 1.807) is 30.6 Å². The average molecular weight is 617 g/mol. The summed E-state index contributed by atoms with van der Waals surface area (Å²) in [5, 5.41) is 10.5. The van der Waals surface area contributed by atoms with E-state index in [1.807, 2.05) is 24.3 Å². The van der Waals surface area contributed by atoms with Crippen LogP contribution in [0.1, 0.15) is 18.4 Å². The molecule has 4 heterocycles. The number of carbonyl (C=O) groups excluding carboxylic acids is 1. The third kappa shape index (κ3) is 6.23. The highest BCUT2D eigenvalue weighted by Gasteiger charge is 2.22. The second-order valence-electron chi connectivity index (χ2n) is 9.95. The zero-order valence-corrected chi connectivity index (χ0v) is 24.1. The molecule has 0 saturated carbocycles. The predicted molar refractivity (Wildman–Crippen MR) is 160 cm³/mol. The summed E-state index contributed by atoms with van der Waals surface area (Å²) in [7, 11) is 1.58. The molecule has 0 radical (unpaired) electrons. The zero-order valence-electron chi connectivity index (χ0n) is 22.5. The van der Waals surface area contributed by atoms with E-state index in [2.05, 4.69) is 75.8 Å². The third-order valence-electron chi connectivity index (χ3n) is 7.21. The number of likely N-dealkylation sites (N-methyl/N-ethyl adjacent to an activating group) is 1. The lowest BCUT2D eigenvalue weighted by Gasteiger charge is -2.33. The standard InChI is InChI=1S/C29H30BrN9O2/c1-31-25(40)16-41-23-8-4-20(5-9-23)28-36-27-26(24(30)14-33-29(27)37-28)35-21-10-12-38(13-11-21)15-19-2-6-22(7-3-19)39-18-32-17-34-39/h2-9,14,17-18,21H,10-13,15-16H2,1H3,(H,31,40)(H2,33,35,36,37). The van der Waals surface area contributed by atoms with E-state index in [0.717, 1.165) is 65.2 Å². The predicted octanol–water partition coefficient (Wildman–Crippen LogP) is 4.17. The van der Waals surface area contributed by atoms with E-state index < -0.39 is 0 Å². The number of likely N-dealkylation sites (tertiary alicyclic amines) is 1. The van der Waals surface area contributed by atoms with Gasteiger partial charge in [-0.25, -0.2) is 19.6 Å². The van der Waals surface area contributed by atoms with Gasteiger partial charge in [0.25, 0.3) is 5.91 Å². The van der Waals surface area contributed by atoms with Gasteiger partial charge in [-0.05, 0) is 70.7 Å². The zero-order chi connectivity index (χ0) is 28.2. The maximum Gasteiger partial charge on any atom is 0.257 e. The van der Waals surface area contributed by atoms with E-state index in [1.165, 1.54) is 5.56 Å². The number of pyridine rings is 1. The van der Waals surface area contributed by atoms with Crippen molar-refractivity contribution in [1.29, 1.82) is 0 Å². The number of aromatic amines is 1. The Morgan fingerprint density at radius 3 is 2.61 bits per heavy atom. The van der Waals surface area contributed by atoms with Crippen LogP contribution in [0.5, 0.6) is 5.75 Å². The number of fused-ring (bicyclic) bond motifs is 1. The van der Waals surface area contributed by atoms with Gasteiger partial charge in [0.05, 0.1) is 15.8 Å². The second kappa shape index (κ2) is 12.1. The Morgan fingerprint density at radius 1 is 1.12 bits per heavy atom. The molecule has 210 valence electrons. The number of amides is 1. The molecule has 3 N–H and O–H groups in total. The molecule has 1 aliphatic rings. The summed E-state index contributed by atoms with van der Waals surface area (Å²) in [4.78, 5) is 30.7. The summed E-state index contributed by atoms with van der Waals surface area (Å²) in [5.41, 5.74) is 5.69. The fourth-order valence-corrected chi connectivity index (χ4v) is 5.35. The van der Waals surface area contributed by atoms with E-state index >= 15 is 0 Å². The van der Waals surface area contributed by atoms with Crippen molar-refractivity contribution >= 4 is 38.7 Å². The number of nitrogens with one attached hydrogen (secondary N) is 3. The van der Waals surface area contributed by atoms with Crippen molar-refractivity contribution in [3.8, 4) is 22.8 Å². The quantitative estimate of drug-likeness (QED) is 0.226. The van der Waals surface area contributed by atoms with Gasteiger partial charge in [-0.15, -0.1) is 0 Å². The SMILES string of the molecule is CNC(=O)COc1ccc(-c2nc3ncc(Br)c(NC4CCN(Cc5ccc(-n6cncn6)cc5)CC4)c3[nH]2)cc1. The minimum Gasteiger partial charge on any atom is -0.484 e. The van der Waals surface area contributed by atoms with Gasteiger partial charge in [0.15, 0.2) is 12.3 Å². The lowest BCUT2D eigenvalue weighted by atomic mass is 10.0. The van der Waals surface area contributed by atoms with Gasteiger partial charge in [0, 0.05) is 44.5 Å².